The molecule has 0 radical (unpaired) electrons. The Hall–Kier alpha value is -2.40. The van der Waals surface area contributed by atoms with Crippen LogP contribution in [0.5, 0.6) is 0 Å². The summed E-state index contributed by atoms with van der Waals surface area (Å²) in [6, 6.07) is 11.8. The summed E-state index contributed by atoms with van der Waals surface area (Å²) in [5.41, 5.74) is 3.78. The number of rotatable bonds is 4. The van der Waals surface area contributed by atoms with Crippen molar-refractivity contribution in [2.24, 2.45) is 15.9 Å². The number of carbonyl (C=O) groups is 1. The molecule has 3 aliphatic heterocycles. The molecule has 0 aromatic heterocycles. The van der Waals surface area contributed by atoms with Gasteiger partial charge in [-0.1, -0.05) is 38.0 Å². The van der Waals surface area contributed by atoms with Gasteiger partial charge in [0.05, 0.1) is 0 Å². The highest BCUT2D eigenvalue weighted by Crippen LogP contribution is 2.55. The summed E-state index contributed by atoms with van der Waals surface area (Å²) in [6.45, 7) is 5.83. The highest BCUT2D eigenvalue weighted by atomic mass is 16.1. The normalized spacial score (nSPS) is 30.4. The van der Waals surface area contributed by atoms with Gasteiger partial charge in [-0.05, 0) is 73.4 Å². The molecule has 2 saturated carbocycles. The summed E-state index contributed by atoms with van der Waals surface area (Å²) in [7, 11) is 0. The van der Waals surface area contributed by atoms with Gasteiger partial charge in [-0.25, -0.2) is 0 Å². The number of benzene rings is 2. The molecule has 5 nitrogen and oxygen atoms in total. The molecule has 0 bridgehead atoms. The molecule has 2 aromatic rings. The monoisotopic (exact) mass is 456 g/mol. The summed E-state index contributed by atoms with van der Waals surface area (Å²) in [4.78, 5) is 15.2. The van der Waals surface area contributed by atoms with E-state index in [-0.39, 0.29) is 11.3 Å². The number of hydrogen-bond donors (Lipinski definition) is 1. The lowest BCUT2D eigenvalue weighted by molar-refractivity contribution is -0.00292. The number of anilines is 1. The van der Waals surface area contributed by atoms with Crippen LogP contribution in [0.4, 0.5) is 5.69 Å². The maximum Gasteiger partial charge on any atom is 0.256 e. The van der Waals surface area contributed by atoms with Gasteiger partial charge in [-0.15, -0.1) is 0 Å². The molecule has 5 heteroatoms. The van der Waals surface area contributed by atoms with Crippen LogP contribution in [0.25, 0.3) is 10.8 Å². The van der Waals surface area contributed by atoms with Gasteiger partial charge in [-0.2, -0.15) is 5.10 Å². The standard InChI is InChI=1S/C29H36N4O/c1-28(17-20-8-9-24-26-22(20)5-2-6-23(26)27(34)31-24)18-30-33(19-28)21-10-15-32(16-11-21)25-7-3-12-29(25)13-4-14-29/h2,5-6,8-9,18,21,25H,3-4,7,10-17,19H2,1H3,(H,31,34)/t25-,28?/m0/s1. The van der Waals surface area contributed by atoms with Crippen LogP contribution < -0.4 is 5.32 Å². The summed E-state index contributed by atoms with van der Waals surface area (Å²) < 4.78 is 0. The molecular formula is C29H36N4O. The van der Waals surface area contributed by atoms with Crippen LogP contribution in [-0.4, -0.2) is 53.7 Å². The van der Waals surface area contributed by atoms with E-state index in [4.69, 9.17) is 5.10 Å². The Kier molecular flexibility index (Phi) is 4.65. The lowest BCUT2D eigenvalue weighted by atomic mass is 9.64. The van der Waals surface area contributed by atoms with Crippen molar-refractivity contribution in [2.75, 3.05) is 25.0 Å². The lowest BCUT2D eigenvalue weighted by Crippen LogP contribution is -2.53. The van der Waals surface area contributed by atoms with Crippen LogP contribution in [0, 0.1) is 10.8 Å². The molecule has 1 N–H and O–H groups in total. The number of likely N-dealkylation sites (tertiary alicyclic amines) is 1. The maximum atomic E-state index is 12.3. The van der Waals surface area contributed by atoms with E-state index in [1.165, 1.54) is 75.4 Å². The van der Waals surface area contributed by atoms with E-state index in [0.29, 0.717) is 11.5 Å². The van der Waals surface area contributed by atoms with Crippen LogP contribution in [-0.2, 0) is 6.42 Å². The summed E-state index contributed by atoms with van der Waals surface area (Å²) in [5, 5.41) is 12.7. The molecule has 1 saturated heterocycles. The number of nitrogens with zero attached hydrogens (tertiary/aromatic N) is 3. The average Bonchev–Trinajstić information content (AvgIpc) is 3.53. The van der Waals surface area contributed by atoms with Gasteiger partial charge in [0.25, 0.3) is 5.91 Å². The first-order chi connectivity index (χ1) is 16.5. The fraction of sp³-hybridized carbons (Fsp3) is 0.586. The summed E-state index contributed by atoms with van der Waals surface area (Å²) in [6.07, 6.45) is 14.4. The predicted octanol–water partition coefficient (Wildman–Crippen LogP) is 5.44. The van der Waals surface area contributed by atoms with E-state index in [9.17, 15) is 4.79 Å². The van der Waals surface area contributed by atoms with E-state index in [1.807, 2.05) is 12.1 Å². The van der Waals surface area contributed by atoms with Crippen molar-refractivity contribution in [1.29, 1.82) is 0 Å². The SMILES string of the molecule is CC1(Cc2ccc3c4c(cccc24)C(=O)N3)C=NN(C2CCN([C@H]3CCCC34CCC4)CC2)C1. The minimum atomic E-state index is 0.0183. The smallest absolute Gasteiger partial charge is 0.256 e. The Balaban J connectivity index is 1.03. The molecule has 178 valence electrons. The largest absolute Gasteiger partial charge is 0.321 e. The van der Waals surface area contributed by atoms with Crippen molar-refractivity contribution in [2.45, 2.75) is 76.8 Å². The lowest BCUT2D eigenvalue weighted by Gasteiger charge is -2.50. The topological polar surface area (TPSA) is 47.9 Å². The van der Waals surface area contributed by atoms with Gasteiger partial charge in [0, 0.05) is 60.0 Å². The molecule has 3 heterocycles. The van der Waals surface area contributed by atoms with E-state index in [0.717, 1.165) is 35.6 Å². The second kappa shape index (κ2) is 7.55. The fourth-order valence-corrected chi connectivity index (χ4v) is 7.93. The van der Waals surface area contributed by atoms with Gasteiger partial charge in [0.1, 0.15) is 0 Å². The first kappa shape index (κ1) is 20.9. The number of carbonyl (C=O) groups excluding carboxylic acids is 1. The predicted molar refractivity (Wildman–Crippen MR) is 137 cm³/mol. The molecule has 7 rings (SSSR count). The van der Waals surface area contributed by atoms with Crippen molar-refractivity contribution in [3.63, 3.8) is 0 Å². The first-order valence-electron chi connectivity index (χ1n) is 13.5. The molecule has 3 fully saturated rings. The Labute approximate surface area is 202 Å². The number of piperidine rings is 1. The highest BCUT2D eigenvalue weighted by molar-refractivity contribution is 6.24. The fourth-order valence-electron chi connectivity index (χ4n) is 7.93. The van der Waals surface area contributed by atoms with Crippen LogP contribution in [0.1, 0.15) is 74.2 Å². The van der Waals surface area contributed by atoms with Crippen LogP contribution in [0.15, 0.2) is 35.4 Å². The Morgan fingerprint density at radius 3 is 2.68 bits per heavy atom. The van der Waals surface area contributed by atoms with Crippen LogP contribution >= 0.6 is 0 Å². The van der Waals surface area contributed by atoms with Crippen molar-refractivity contribution in [1.82, 2.24) is 9.91 Å². The minimum Gasteiger partial charge on any atom is -0.321 e. The maximum absolute atomic E-state index is 12.3. The zero-order valence-corrected chi connectivity index (χ0v) is 20.4. The molecule has 2 aliphatic carbocycles. The number of nitrogens with one attached hydrogen (secondary N) is 1. The van der Waals surface area contributed by atoms with Gasteiger partial charge >= 0.3 is 0 Å². The van der Waals surface area contributed by atoms with Crippen LogP contribution in [0.2, 0.25) is 0 Å². The molecule has 5 aliphatic rings. The molecule has 34 heavy (non-hydrogen) atoms. The Bertz CT molecular complexity index is 1180. The molecular weight excluding hydrogens is 420 g/mol. The second-order valence-electron chi connectivity index (χ2n) is 12.0. The van der Waals surface area contributed by atoms with E-state index < -0.39 is 0 Å². The van der Waals surface area contributed by atoms with E-state index in [2.05, 4.69) is 46.6 Å². The Morgan fingerprint density at radius 1 is 1.06 bits per heavy atom. The molecule has 1 spiro atoms. The third-order valence-corrected chi connectivity index (χ3v) is 9.83. The number of hydrazone groups is 1. The van der Waals surface area contributed by atoms with Gasteiger partial charge in [0.15, 0.2) is 0 Å². The molecule has 2 aromatic carbocycles. The van der Waals surface area contributed by atoms with Gasteiger partial charge in [0.2, 0.25) is 0 Å². The van der Waals surface area contributed by atoms with Gasteiger partial charge < -0.3 is 5.32 Å². The second-order valence-corrected chi connectivity index (χ2v) is 12.0. The zero-order valence-electron chi connectivity index (χ0n) is 20.4. The third kappa shape index (κ3) is 3.16. The van der Waals surface area contributed by atoms with Crippen LogP contribution in [0.3, 0.4) is 0 Å². The van der Waals surface area contributed by atoms with E-state index >= 15 is 0 Å². The number of amides is 1. The van der Waals surface area contributed by atoms with Gasteiger partial charge in [-0.3, -0.25) is 14.7 Å². The quantitative estimate of drug-likeness (QED) is 0.666. The molecule has 1 amide bonds. The van der Waals surface area contributed by atoms with Crippen molar-refractivity contribution in [3.05, 3.63) is 41.5 Å². The highest BCUT2D eigenvalue weighted by Gasteiger charge is 2.50. The number of hydrogen-bond acceptors (Lipinski definition) is 4. The third-order valence-electron chi connectivity index (χ3n) is 9.83. The average molecular weight is 457 g/mol. The van der Waals surface area contributed by atoms with Crippen molar-refractivity contribution < 1.29 is 4.79 Å². The summed E-state index contributed by atoms with van der Waals surface area (Å²) in [5.74, 6) is 0.0183. The first-order valence-corrected chi connectivity index (χ1v) is 13.5. The van der Waals surface area contributed by atoms with Crippen molar-refractivity contribution >= 4 is 28.6 Å². The van der Waals surface area contributed by atoms with Crippen molar-refractivity contribution in [3.8, 4) is 0 Å². The van der Waals surface area contributed by atoms with E-state index in [1.54, 1.807) is 0 Å². The zero-order chi connectivity index (χ0) is 22.9. The molecule has 2 atom stereocenters. The minimum absolute atomic E-state index is 0.0183. The molecule has 1 unspecified atom stereocenters. The summed E-state index contributed by atoms with van der Waals surface area (Å²) >= 11 is 0. The Morgan fingerprint density at radius 2 is 1.88 bits per heavy atom.